The summed E-state index contributed by atoms with van der Waals surface area (Å²) in [6.07, 6.45) is 0. The van der Waals surface area contributed by atoms with Crippen LogP contribution in [0, 0.1) is 13.8 Å². The molecule has 0 unspecified atom stereocenters. The first kappa shape index (κ1) is 24.0. The molecule has 3 rings (SSSR count). The third-order valence-corrected chi connectivity index (χ3v) is 6.84. The van der Waals surface area contributed by atoms with E-state index in [9.17, 15) is 13.2 Å². The number of carbonyl (C=O) groups excluding carboxylic acids is 1. The molecule has 8 heteroatoms. The zero-order chi connectivity index (χ0) is 24.0. The topological polar surface area (TPSA) is 88.1 Å². The van der Waals surface area contributed by atoms with Gasteiger partial charge < -0.3 is 4.74 Å². The molecule has 3 aromatic carbocycles. The molecular formula is C25H27N3O4S. The number of nitrogens with zero attached hydrogens (tertiary/aromatic N) is 2. The lowest BCUT2D eigenvalue weighted by atomic mass is 10.1. The highest BCUT2D eigenvalue weighted by Crippen LogP contribution is 2.32. The van der Waals surface area contributed by atoms with Crippen molar-refractivity contribution in [2.75, 3.05) is 18.0 Å². The molecule has 0 aromatic heterocycles. The zero-order valence-corrected chi connectivity index (χ0v) is 19.9. The fourth-order valence-electron chi connectivity index (χ4n) is 3.14. The highest BCUT2D eigenvalue weighted by Gasteiger charge is 2.29. The quantitative estimate of drug-likeness (QED) is 0.402. The van der Waals surface area contributed by atoms with E-state index < -0.39 is 22.5 Å². The minimum atomic E-state index is -4.05. The van der Waals surface area contributed by atoms with E-state index in [0.717, 1.165) is 21.0 Å². The van der Waals surface area contributed by atoms with Gasteiger partial charge in [-0.2, -0.15) is 5.10 Å². The molecule has 0 radical (unpaired) electrons. The van der Waals surface area contributed by atoms with Crippen LogP contribution in [0.25, 0.3) is 0 Å². The van der Waals surface area contributed by atoms with Crippen LogP contribution in [-0.4, -0.2) is 33.7 Å². The van der Waals surface area contributed by atoms with E-state index in [1.165, 1.54) is 19.2 Å². The molecule has 3 aromatic rings. The third kappa shape index (κ3) is 5.78. The minimum Gasteiger partial charge on any atom is -0.495 e. The van der Waals surface area contributed by atoms with Gasteiger partial charge in [0.05, 0.1) is 23.4 Å². The number of ether oxygens (including phenoxy) is 1. The highest BCUT2D eigenvalue weighted by molar-refractivity contribution is 7.92. The Bertz CT molecular complexity index is 1250. The summed E-state index contributed by atoms with van der Waals surface area (Å²) >= 11 is 0. The zero-order valence-electron chi connectivity index (χ0n) is 19.1. The van der Waals surface area contributed by atoms with Crippen LogP contribution in [0.2, 0.25) is 0 Å². The largest absolute Gasteiger partial charge is 0.495 e. The first-order chi connectivity index (χ1) is 15.7. The first-order valence-corrected chi connectivity index (χ1v) is 11.8. The fraction of sp³-hybridized carbons (Fsp3) is 0.200. The SMILES string of the molecule is COc1ccccc1N(CC(=O)N/N=C(/C)c1ccc(C)cc1)S(=O)(=O)c1ccc(C)cc1. The number of nitrogens with one attached hydrogen (secondary N) is 1. The van der Waals surface area contributed by atoms with Crippen molar-refractivity contribution in [3.05, 3.63) is 89.5 Å². The summed E-state index contributed by atoms with van der Waals surface area (Å²) in [4.78, 5) is 12.9. The van der Waals surface area contributed by atoms with E-state index in [4.69, 9.17) is 4.74 Å². The van der Waals surface area contributed by atoms with Gasteiger partial charge in [-0.05, 0) is 50.6 Å². The number of methoxy groups -OCH3 is 1. The Morgan fingerprint density at radius 3 is 2.12 bits per heavy atom. The molecule has 0 heterocycles. The fourth-order valence-corrected chi connectivity index (χ4v) is 4.58. The molecule has 1 amide bonds. The number of carbonyl (C=O) groups is 1. The molecule has 0 atom stereocenters. The summed E-state index contributed by atoms with van der Waals surface area (Å²) in [6.45, 7) is 5.16. The van der Waals surface area contributed by atoms with Gasteiger partial charge >= 0.3 is 0 Å². The highest BCUT2D eigenvalue weighted by atomic mass is 32.2. The molecule has 33 heavy (non-hydrogen) atoms. The van der Waals surface area contributed by atoms with Gasteiger partial charge in [0, 0.05) is 0 Å². The van der Waals surface area contributed by atoms with Gasteiger partial charge in [-0.25, -0.2) is 13.8 Å². The molecule has 0 aliphatic carbocycles. The van der Waals surface area contributed by atoms with Crippen molar-refractivity contribution in [3.63, 3.8) is 0 Å². The maximum absolute atomic E-state index is 13.5. The summed E-state index contributed by atoms with van der Waals surface area (Å²) in [5.74, 6) is -0.247. The van der Waals surface area contributed by atoms with Crippen LogP contribution >= 0.6 is 0 Å². The van der Waals surface area contributed by atoms with Crippen molar-refractivity contribution in [2.45, 2.75) is 25.7 Å². The summed E-state index contributed by atoms with van der Waals surface area (Å²) in [5.41, 5.74) is 6.23. The Balaban J connectivity index is 1.91. The van der Waals surface area contributed by atoms with Gasteiger partial charge in [0.2, 0.25) is 0 Å². The molecular weight excluding hydrogens is 438 g/mol. The van der Waals surface area contributed by atoms with E-state index >= 15 is 0 Å². The van der Waals surface area contributed by atoms with Crippen molar-refractivity contribution in [1.29, 1.82) is 0 Å². The monoisotopic (exact) mass is 465 g/mol. The van der Waals surface area contributed by atoms with E-state index in [1.54, 1.807) is 43.3 Å². The third-order valence-electron chi connectivity index (χ3n) is 5.07. The van der Waals surface area contributed by atoms with Gasteiger partial charge in [-0.1, -0.05) is 59.7 Å². The van der Waals surface area contributed by atoms with Gasteiger partial charge in [0.25, 0.3) is 15.9 Å². The molecule has 0 bridgehead atoms. The van der Waals surface area contributed by atoms with Crippen LogP contribution in [0.3, 0.4) is 0 Å². The number of benzene rings is 3. The second-order valence-electron chi connectivity index (χ2n) is 7.59. The number of anilines is 1. The number of aryl methyl sites for hydroxylation is 2. The number of hydrogen-bond acceptors (Lipinski definition) is 5. The van der Waals surface area contributed by atoms with E-state index in [2.05, 4.69) is 10.5 Å². The molecule has 0 fully saturated rings. The standard InChI is InChI=1S/C25H27N3O4S/c1-18-9-13-21(14-10-18)20(3)26-27-25(29)17-28(23-7-5-6-8-24(23)32-4)33(30,31)22-15-11-19(2)12-16-22/h5-16H,17H2,1-4H3,(H,27,29)/b26-20-. The van der Waals surface area contributed by atoms with E-state index in [0.29, 0.717) is 11.5 Å². The number of para-hydroxylation sites is 2. The normalized spacial score (nSPS) is 11.7. The summed E-state index contributed by atoms with van der Waals surface area (Å²) < 4.78 is 33.4. The van der Waals surface area contributed by atoms with Crippen LogP contribution in [-0.2, 0) is 14.8 Å². The molecule has 0 saturated heterocycles. The number of amides is 1. The smallest absolute Gasteiger partial charge is 0.264 e. The lowest BCUT2D eigenvalue weighted by Gasteiger charge is -2.25. The molecule has 0 aliphatic heterocycles. The van der Waals surface area contributed by atoms with Crippen molar-refractivity contribution >= 4 is 27.3 Å². The van der Waals surface area contributed by atoms with Crippen LogP contribution in [0.4, 0.5) is 5.69 Å². The van der Waals surface area contributed by atoms with Crippen molar-refractivity contribution < 1.29 is 17.9 Å². The lowest BCUT2D eigenvalue weighted by molar-refractivity contribution is -0.119. The number of rotatable bonds is 8. The van der Waals surface area contributed by atoms with Crippen LogP contribution in [0.15, 0.2) is 82.8 Å². The molecule has 1 N–H and O–H groups in total. The predicted octanol–water partition coefficient (Wildman–Crippen LogP) is 4.05. The number of hydrazone groups is 1. The lowest BCUT2D eigenvalue weighted by Crippen LogP contribution is -2.40. The summed E-state index contributed by atoms with van der Waals surface area (Å²) in [6, 6.07) is 20.8. The Hall–Kier alpha value is -3.65. The van der Waals surface area contributed by atoms with Gasteiger partial charge in [-0.15, -0.1) is 0 Å². The molecule has 7 nitrogen and oxygen atoms in total. The first-order valence-electron chi connectivity index (χ1n) is 10.3. The molecule has 0 aliphatic rings. The van der Waals surface area contributed by atoms with Crippen molar-refractivity contribution in [3.8, 4) is 5.75 Å². The summed E-state index contributed by atoms with van der Waals surface area (Å²) in [7, 11) is -2.60. The van der Waals surface area contributed by atoms with Gasteiger partial charge in [0.1, 0.15) is 12.3 Å². The molecule has 172 valence electrons. The predicted molar refractivity (Wildman–Crippen MR) is 130 cm³/mol. The number of hydrogen-bond donors (Lipinski definition) is 1. The second kappa shape index (κ2) is 10.3. The van der Waals surface area contributed by atoms with Gasteiger partial charge in [-0.3, -0.25) is 9.10 Å². The Morgan fingerprint density at radius 1 is 0.939 bits per heavy atom. The minimum absolute atomic E-state index is 0.0751. The Labute approximate surface area is 194 Å². The van der Waals surface area contributed by atoms with Crippen LogP contribution in [0.1, 0.15) is 23.6 Å². The van der Waals surface area contributed by atoms with Crippen molar-refractivity contribution in [1.82, 2.24) is 5.43 Å². The van der Waals surface area contributed by atoms with Crippen molar-refractivity contribution in [2.24, 2.45) is 5.10 Å². The maximum Gasteiger partial charge on any atom is 0.264 e. The van der Waals surface area contributed by atoms with Crippen LogP contribution in [0.5, 0.6) is 5.75 Å². The van der Waals surface area contributed by atoms with Gasteiger partial charge in [0.15, 0.2) is 0 Å². The summed E-state index contributed by atoms with van der Waals surface area (Å²) in [5, 5.41) is 4.14. The Morgan fingerprint density at radius 2 is 1.52 bits per heavy atom. The molecule has 0 saturated carbocycles. The van der Waals surface area contributed by atoms with E-state index in [1.807, 2.05) is 38.1 Å². The van der Waals surface area contributed by atoms with Crippen LogP contribution < -0.4 is 14.5 Å². The maximum atomic E-state index is 13.5. The average molecular weight is 466 g/mol. The Kier molecular flexibility index (Phi) is 7.50. The molecule has 0 spiro atoms. The number of sulfonamides is 1. The second-order valence-corrected chi connectivity index (χ2v) is 9.46. The van der Waals surface area contributed by atoms with E-state index in [-0.39, 0.29) is 10.6 Å². The average Bonchev–Trinajstić information content (AvgIpc) is 2.81.